The Morgan fingerprint density at radius 2 is 0.243 bits per heavy atom. The molecule has 0 fully saturated rings. The largest absolute Gasteiger partial charge is 0.507 e. The van der Waals surface area contributed by atoms with E-state index < -0.39 is 0 Å². The number of benzene rings is 13. The minimum absolute atomic E-state index is 0.284. The van der Waals surface area contributed by atoms with Gasteiger partial charge in [0.2, 0.25) is 0 Å². The number of hydrogen-bond donors (Lipinski definition) is 6. The maximum atomic E-state index is 12.2. The lowest BCUT2D eigenvalue weighted by molar-refractivity contribution is 0.422. The van der Waals surface area contributed by atoms with Gasteiger partial charge in [0, 0.05) is 66.8 Å². The van der Waals surface area contributed by atoms with Crippen LogP contribution in [0.3, 0.4) is 0 Å². The van der Waals surface area contributed by atoms with E-state index in [0.717, 1.165) is 200 Å². The summed E-state index contributed by atoms with van der Waals surface area (Å²) in [5.41, 5.74) is 31.5. The fourth-order valence-electron chi connectivity index (χ4n) is 19.3. The van der Waals surface area contributed by atoms with Gasteiger partial charge in [0.05, 0.1) is 0 Å². The van der Waals surface area contributed by atoms with Gasteiger partial charge in [-0.1, -0.05) is 431 Å². The summed E-state index contributed by atoms with van der Waals surface area (Å²) in [6, 6.07) is 79.1. The molecule has 0 aliphatic rings. The highest BCUT2D eigenvalue weighted by atomic mass is 16.3. The first-order valence-corrected chi connectivity index (χ1v) is 51.6. The molecule has 6 heteroatoms. The third-order valence-corrected chi connectivity index (χ3v) is 28.1. The zero-order valence-electron chi connectivity index (χ0n) is 93.4. The average molecular weight is 1920 g/mol. The summed E-state index contributed by atoms with van der Waals surface area (Å²) in [4.78, 5) is 0. The van der Waals surface area contributed by atoms with E-state index in [0.29, 0.717) is 34.5 Å². The first-order chi connectivity index (χ1) is 66.4. The summed E-state index contributed by atoms with van der Waals surface area (Å²) in [6.45, 7) is 77.8. The quantitative estimate of drug-likeness (QED) is 0.0476. The van der Waals surface area contributed by atoms with Gasteiger partial charge < -0.3 is 30.6 Å². The average Bonchev–Trinajstić information content (AvgIpc) is 0.927. The molecule has 0 bridgehead atoms. The number of phenolic OH excluding ortho intramolecular Hbond substituents is 6. The number of hydrogen-bond acceptors (Lipinski definition) is 6. The van der Waals surface area contributed by atoms with Gasteiger partial charge in [0.25, 0.3) is 0 Å². The van der Waals surface area contributed by atoms with Crippen molar-refractivity contribution in [1.29, 1.82) is 0 Å². The van der Waals surface area contributed by atoms with Crippen LogP contribution in [-0.4, -0.2) is 30.6 Å². The van der Waals surface area contributed by atoms with E-state index in [2.05, 4.69) is 541 Å². The van der Waals surface area contributed by atoms with Crippen molar-refractivity contribution in [2.24, 2.45) is 0 Å². The van der Waals surface area contributed by atoms with Gasteiger partial charge in [-0.3, -0.25) is 0 Å². The smallest absolute Gasteiger partial charge is 0.123 e. The van der Waals surface area contributed by atoms with Gasteiger partial charge in [0.1, 0.15) is 34.5 Å². The van der Waals surface area contributed by atoms with Crippen LogP contribution >= 0.6 is 0 Å². The molecule has 0 saturated heterocycles. The molecule has 0 aliphatic carbocycles. The minimum Gasteiger partial charge on any atom is -0.507 e. The van der Waals surface area contributed by atoms with Crippen LogP contribution in [0.2, 0.25) is 0 Å². The molecule has 0 saturated carbocycles. The molecule has 0 spiro atoms. The van der Waals surface area contributed by atoms with Crippen LogP contribution in [-0.2, 0) is 65.0 Å². The summed E-state index contributed by atoms with van der Waals surface area (Å²) >= 11 is 0. The lowest BCUT2D eigenvalue weighted by atomic mass is 9.77. The first-order valence-electron chi connectivity index (χ1n) is 51.6. The molecule has 13 aromatic rings. The van der Waals surface area contributed by atoms with E-state index in [1.807, 2.05) is 0 Å². The summed E-state index contributed by atoms with van der Waals surface area (Å²) < 4.78 is 0. The maximum absolute atomic E-state index is 12.2. The summed E-state index contributed by atoms with van der Waals surface area (Å²) in [5, 5.41) is 71.8. The van der Waals surface area contributed by atoms with Crippen LogP contribution in [0.25, 0.3) is 140 Å². The first kappa shape index (κ1) is 108. The van der Waals surface area contributed by atoms with Gasteiger partial charge >= 0.3 is 0 Å². The Hall–Kier alpha value is -12.9. The number of aromatic hydroxyl groups is 6. The molecular weight excluding hydrogens is 1750 g/mol. The van der Waals surface area contributed by atoms with Crippen LogP contribution in [0.5, 0.6) is 34.5 Å². The molecule has 6 N–H and O–H groups in total. The molecule has 0 aromatic heterocycles. The Morgan fingerprint density at radius 3 is 0.389 bits per heavy atom. The Balaban J connectivity index is 1.02. The van der Waals surface area contributed by atoms with Crippen LogP contribution in [0.1, 0.15) is 383 Å². The van der Waals surface area contributed by atoms with Crippen molar-refractivity contribution in [3.8, 4) is 101 Å². The molecule has 6 nitrogen and oxygen atoms in total. The Bertz CT molecular complexity index is 6280. The third-order valence-electron chi connectivity index (χ3n) is 28.1. The van der Waals surface area contributed by atoms with Crippen LogP contribution in [0, 0.1) is 0 Å². The van der Waals surface area contributed by atoms with Gasteiger partial charge in [-0.2, -0.15) is 0 Å². The molecule has 13 aromatic carbocycles. The SMILES string of the molecule is CC(C)(C)c1cc(-c2ccc(/C=C/c3ccc(-c4cc(C(C)(C)C)c(O)c(C(C)(C)C)c4)cc3C=Cc3cc(/C=C/c4cc(-c5cc(C(C)(C)C)c(O)c(C(C)(C)C)c5)ccc4/C=C/c4ccc(-c5cc(C(C)(C)C)c(O)c(C(C)(C)C)c5)cc4)cc(/C=C/c4cc(-c5cc(C(C)(C)C)c(O)c(C(C)(C)C)c5)ccc4/C=C/c4ccc(-c5cc(C(C)(C)C)c(O)c(C(C)(C)C)c5)cc4)c3)cc2)cc(C(C)(C)C)c1O. The van der Waals surface area contributed by atoms with Crippen molar-refractivity contribution >= 4 is 72.9 Å². The Morgan fingerprint density at radius 1 is 0.118 bits per heavy atom. The highest BCUT2D eigenvalue weighted by molar-refractivity contribution is 5.90. The molecule has 0 aliphatic heterocycles. The molecule has 0 amide bonds. The highest BCUT2D eigenvalue weighted by Gasteiger charge is 2.35. The van der Waals surface area contributed by atoms with E-state index in [1.165, 1.54) is 0 Å². The van der Waals surface area contributed by atoms with Gasteiger partial charge in [0.15, 0.2) is 0 Å². The predicted octanol–water partition coefficient (Wildman–Crippen LogP) is 38.5. The summed E-state index contributed by atoms with van der Waals surface area (Å²) in [7, 11) is 0. The van der Waals surface area contributed by atoms with Crippen LogP contribution < -0.4 is 0 Å². The monoisotopic (exact) mass is 1920 g/mol. The molecule has 750 valence electrons. The van der Waals surface area contributed by atoms with E-state index >= 15 is 0 Å². The Kier molecular flexibility index (Phi) is 30.0. The third kappa shape index (κ3) is 25.2. The van der Waals surface area contributed by atoms with Gasteiger partial charge in [-0.25, -0.2) is 0 Å². The molecular formula is C138H162O6. The maximum Gasteiger partial charge on any atom is 0.123 e. The molecule has 13 rings (SSSR count). The highest BCUT2D eigenvalue weighted by Crippen LogP contribution is 2.51. The molecule has 0 atom stereocenters. The minimum atomic E-state index is -0.365. The standard InChI is InChI=1S/C138H162O6/c1-127(2,3)109-73-103(74-110(121(109)139)128(4,5)6)94-52-40-85(41-53-94)37-49-91-61-64-100(106-79-115(133(19,20)21)124(142)116(80-106)134(22,23)24)70-97(91)58-46-88-67-89(47-59-98-71-101(107-81-117(135(25,26)27)125(143)118(82-107)136(28,29)30)65-62-92(98)50-38-86-42-54-95(55-43-86)104-75-111(129(7,8)9)122(140)112(76-104)130(10,11)12)69-90(68-88)48-60-99-72-102(108-83-119(137(31,32)33)126(144)120(84-108)138(34,35)36)66-63-93(99)51-39-87-44-56-96(57-45-87)105-77-113(131(13,14)15)123(141)114(78-105)132(16,17)18/h37-84,139-144H,1-36H3/b49-37+,50-38+,51-39+,58-46+,59-47+,60-48?. The number of phenols is 6. The lowest BCUT2D eigenvalue weighted by Gasteiger charge is -2.28. The molecule has 0 heterocycles. The Labute approximate surface area is 865 Å². The molecule has 0 unspecified atom stereocenters. The van der Waals surface area contributed by atoms with E-state index in [9.17, 15) is 30.6 Å². The fraction of sp³-hybridized carbons (Fsp3) is 0.348. The summed E-state index contributed by atoms with van der Waals surface area (Å²) in [6.07, 6.45) is 26.7. The normalized spacial score (nSPS) is 13.4. The van der Waals surface area contributed by atoms with Crippen molar-refractivity contribution < 1.29 is 30.6 Å². The zero-order chi connectivity index (χ0) is 106. The topological polar surface area (TPSA) is 121 Å². The number of rotatable bonds is 18. The summed E-state index contributed by atoms with van der Waals surface area (Å²) in [5.74, 6) is 2.08. The fourth-order valence-corrected chi connectivity index (χ4v) is 19.3. The second-order valence-electron chi connectivity index (χ2n) is 52.8. The van der Waals surface area contributed by atoms with Crippen LogP contribution in [0.15, 0.2) is 218 Å². The van der Waals surface area contributed by atoms with Crippen molar-refractivity contribution in [2.75, 3.05) is 0 Å². The molecule has 144 heavy (non-hydrogen) atoms. The van der Waals surface area contributed by atoms with Gasteiger partial charge in [-0.05, 0) is 308 Å². The lowest BCUT2D eigenvalue weighted by Crippen LogP contribution is -2.17. The second kappa shape index (κ2) is 39.9. The predicted molar refractivity (Wildman–Crippen MR) is 626 cm³/mol. The van der Waals surface area contributed by atoms with Gasteiger partial charge in [-0.15, -0.1) is 0 Å². The van der Waals surface area contributed by atoms with Crippen molar-refractivity contribution in [3.63, 3.8) is 0 Å². The van der Waals surface area contributed by atoms with Crippen LogP contribution in [0.4, 0.5) is 0 Å². The van der Waals surface area contributed by atoms with E-state index in [4.69, 9.17) is 0 Å². The van der Waals surface area contributed by atoms with E-state index in [1.54, 1.807) is 0 Å². The van der Waals surface area contributed by atoms with Crippen molar-refractivity contribution in [1.82, 2.24) is 0 Å². The molecule has 0 radical (unpaired) electrons. The van der Waals surface area contributed by atoms with Crippen molar-refractivity contribution in [2.45, 2.75) is 314 Å². The second-order valence-corrected chi connectivity index (χ2v) is 52.8. The zero-order valence-corrected chi connectivity index (χ0v) is 93.4. The van der Waals surface area contributed by atoms with Crippen molar-refractivity contribution in [3.05, 3.63) is 352 Å². The van der Waals surface area contributed by atoms with E-state index in [-0.39, 0.29) is 65.0 Å².